The van der Waals surface area contributed by atoms with Crippen LogP contribution in [0.3, 0.4) is 0 Å². The van der Waals surface area contributed by atoms with Gasteiger partial charge in [-0.1, -0.05) is 35.9 Å². The number of hydrogen-bond acceptors (Lipinski definition) is 5. The Morgan fingerprint density at radius 1 is 1.26 bits per heavy atom. The quantitative estimate of drug-likeness (QED) is 0.564. The van der Waals surface area contributed by atoms with Crippen LogP contribution in [0, 0.1) is 17.2 Å². The minimum absolute atomic E-state index is 0.118. The zero-order valence-electron chi connectivity index (χ0n) is 18.8. The van der Waals surface area contributed by atoms with Crippen molar-refractivity contribution in [2.24, 2.45) is 11.0 Å². The molecule has 10 heteroatoms. The Bertz CT molecular complexity index is 1210. The molecular weight excluding hydrogens is 481 g/mol. The number of nitrogens with zero attached hydrogens (tertiary/aromatic N) is 4. The van der Waals surface area contributed by atoms with Crippen LogP contribution in [0.15, 0.2) is 53.6 Å². The van der Waals surface area contributed by atoms with E-state index in [0.29, 0.717) is 23.9 Å². The largest absolute Gasteiger partial charge is 0.339 e. The maximum absolute atomic E-state index is 14.2. The van der Waals surface area contributed by atoms with Crippen LogP contribution >= 0.6 is 11.6 Å². The van der Waals surface area contributed by atoms with Crippen molar-refractivity contribution >= 4 is 23.2 Å². The molecule has 1 saturated carbocycles. The molecule has 35 heavy (non-hydrogen) atoms. The van der Waals surface area contributed by atoms with Crippen LogP contribution in [0.2, 0.25) is 5.02 Å². The number of piperazine rings is 1. The van der Waals surface area contributed by atoms with E-state index in [0.717, 1.165) is 16.8 Å². The van der Waals surface area contributed by atoms with Crippen molar-refractivity contribution in [3.05, 3.63) is 70.2 Å². The van der Waals surface area contributed by atoms with Gasteiger partial charge in [-0.3, -0.25) is 9.80 Å². The lowest BCUT2D eigenvalue weighted by Crippen LogP contribution is -2.62. The number of benzene rings is 2. The highest BCUT2D eigenvalue weighted by molar-refractivity contribution is 6.30. The summed E-state index contributed by atoms with van der Waals surface area (Å²) in [6, 6.07) is 15.4. The molecule has 2 aliphatic heterocycles. The number of hydrogen-bond donors (Lipinski definition) is 0. The maximum Gasteiger partial charge on any atom is 0.296 e. The van der Waals surface area contributed by atoms with Crippen molar-refractivity contribution in [3.63, 3.8) is 0 Å². The normalized spacial score (nSPS) is 26.7. The van der Waals surface area contributed by atoms with Crippen LogP contribution in [0.1, 0.15) is 30.0 Å². The van der Waals surface area contributed by atoms with Crippen LogP contribution in [0.4, 0.5) is 13.2 Å². The molecule has 4 atom stereocenters. The Hall–Kier alpha value is -3.09. The molecule has 182 valence electrons. The van der Waals surface area contributed by atoms with Gasteiger partial charge < -0.3 is 9.64 Å². The molecule has 1 saturated heterocycles. The fourth-order valence-electron chi connectivity index (χ4n) is 4.90. The number of hydrazone groups is 1. The zero-order chi connectivity index (χ0) is 25.0. The van der Waals surface area contributed by atoms with Gasteiger partial charge in [0.25, 0.3) is 18.2 Å². The van der Waals surface area contributed by atoms with E-state index in [9.17, 15) is 18.0 Å². The van der Waals surface area contributed by atoms with Gasteiger partial charge in [0.15, 0.2) is 0 Å². The lowest BCUT2D eigenvalue weighted by atomic mass is 10.00. The molecule has 2 fully saturated rings. The number of carbonyl (C=O) groups is 1. The summed E-state index contributed by atoms with van der Waals surface area (Å²) in [5.74, 6) is -3.40. The lowest BCUT2D eigenvalue weighted by Gasteiger charge is -2.44. The number of rotatable bonds is 7. The van der Waals surface area contributed by atoms with Gasteiger partial charge in [0.05, 0.1) is 30.0 Å². The van der Waals surface area contributed by atoms with Gasteiger partial charge >= 0.3 is 0 Å². The van der Waals surface area contributed by atoms with E-state index in [1.807, 2.05) is 12.1 Å². The molecule has 2 aromatic rings. The van der Waals surface area contributed by atoms with E-state index in [1.165, 1.54) is 0 Å². The van der Waals surface area contributed by atoms with E-state index < -0.39 is 23.9 Å². The van der Waals surface area contributed by atoms with Crippen molar-refractivity contribution in [2.45, 2.75) is 43.8 Å². The number of nitriles is 1. The Kier molecular flexibility index (Phi) is 5.77. The van der Waals surface area contributed by atoms with Gasteiger partial charge in [-0.2, -0.15) is 10.4 Å². The second kappa shape index (κ2) is 8.54. The lowest BCUT2D eigenvalue weighted by molar-refractivity contribution is -0.220. The summed E-state index contributed by atoms with van der Waals surface area (Å²) in [6.07, 6.45) is -2.79. The Morgan fingerprint density at radius 3 is 2.57 bits per heavy atom. The first-order chi connectivity index (χ1) is 16.7. The second-order valence-electron chi connectivity index (χ2n) is 9.26. The van der Waals surface area contributed by atoms with E-state index in [2.05, 4.69) is 6.07 Å². The smallest absolute Gasteiger partial charge is 0.296 e. The molecule has 0 aromatic heterocycles. The summed E-state index contributed by atoms with van der Waals surface area (Å²) in [5, 5.41) is 15.9. The SMILES string of the molecule is CC(F)(OCC1CN(Cc2ccc(C#N)cc2)C(=O)C23CC2C(c2ccc(Cl)cc2)=NN13)C(F)F. The second-order valence-corrected chi connectivity index (χ2v) is 9.70. The summed E-state index contributed by atoms with van der Waals surface area (Å²) in [6.45, 7) is 0.730. The van der Waals surface area contributed by atoms with Gasteiger partial charge in [-0.15, -0.1) is 0 Å². The Labute approximate surface area is 205 Å². The topological polar surface area (TPSA) is 68.9 Å². The standard InChI is InChI=1S/C25H22ClF3N4O2/c1-24(29,22(27)28)35-14-19-13-32(12-16-4-2-15(11-30)3-5-16)23(34)25-10-20(25)21(31-33(19)25)17-6-8-18(26)9-7-17/h2-9,19-20,22H,10,12-14H2,1H3. The molecule has 5 rings (SSSR count). The van der Waals surface area contributed by atoms with Gasteiger partial charge in [0.2, 0.25) is 0 Å². The fraction of sp³-hybridized carbons (Fsp3) is 0.400. The average Bonchev–Trinajstić information content (AvgIpc) is 3.49. The summed E-state index contributed by atoms with van der Waals surface area (Å²) in [5.41, 5.74) is 1.92. The van der Waals surface area contributed by atoms with E-state index >= 15 is 0 Å². The average molecular weight is 503 g/mol. The number of carbonyl (C=O) groups excluding carboxylic acids is 1. The first-order valence-electron chi connectivity index (χ1n) is 11.2. The minimum atomic E-state index is -3.31. The van der Waals surface area contributed by atoms with Crippen molar-refractivity contribution in [1.29, 1.82) is 5.26 Å². The highest BCUT2D eigenvalue weighted by Gasteiger charge is 2.73. The van der Waals surface area contributed by atoms with Crippen LogP contribution in [0.5, 0.6) is 0 Å². The molecule has 0 radical (unpaired) electrons. The van der Waals surface area contributed by atoms with Crippen LogP contribution in [0.25, 0.3) is 0 Å². The van der Waals surface area contributed by atoms with Crippen molar-refractivity contribution < 1.29 is 22.7 Å². The molecule has 1 amide bonds. The molecule has 6 nitrogen and oxygen atoms in total. The molecular formula is C25H22ClF3N4O2. The van der Waals surface area contributed by atoms with E-state index in [-0.39, 0.29) is 31.5 Å². The van der Waals surface area contributed by atoms with Crippen LogP contribution in [-0.2, 0) is 16.1 Å². The number of alkyl halides is 3. The molecule has 0 N–H and O–H groups in total. The molecule has 3 aliphatic rings. The van der Waals surface area contributed by atoms with E-state index in [1.54, 1.807) is 46.3 Å². The van der Waals surface area contributed by atoms with Gasteiger partial charge in [-0.05, 0) is 41.8 Å². The van der Waals surface area contributed by atoms with Crippen molar-refractivity contribution in [2.75, 3.05) is 13.2 Å². The summed E-state index contributed by atoms with van der Waals surface area (Å²) in [4.78, 5) is 15.3. The van der Waals surface area contributed by atoms with Crippen molar-refractivity contribution in [3.8, 4) is 6.07 Å². The maximum atomic E-state index is 14.2. The molecule has 1 spiro atoms. The fourth-order valence-corrected chi connectivity index (χ4v) is 5.03. The Balaban J connectivity index is 1.44. The van der Waals surface area contributed by atoms with Gasteiger partial charge in [0.1, 0.15) is 5.54 Å². The molecule has 1 aliphatic carbocycles. The van der Waals surface area contributed by atoms with Gasteiger partial charge in [0, 0.05) is 31.0 Å². The van der Waals surface area contributed by atoms with Crippen LogP contribution in [-0.4, -0.2) is 58.5 Å². The third-order valence-corrected chi connectivity index (χ3v) is 7.12. The molecule has 2 heterocycles. The predicted molar refractivity (Wildman–Crippen MR) is 122 cm³/mol. The zero-order valence-corrected chi connectivity index (χ0v) is 19.6. The van der Waals surface area contributed by atoms with Gasteiger partial charge in [-0.25, -0.2) is 13.2 Å². The summed E-state index contributed by atoms with van der Waals surface area (Å²) < 4.78 is 45.4. The number of ether oxygens (including phenoxy) is 1. The third-order valence-electron chi connectivity index (χ3n) is 6.86. The van der Waals surface area contributed by atoms with Crippen molar-refractivity contribution in [1.82, 2.24) is 9.91 Å². The predicted octanol–water partition coefficient (Wildman–Crippen LogP) is 4.37. The van der Waals surface area contributed by atoms with Crippen LogP contribution < -0.4 is 0 Å². The summed E-state index contributed by atoms with van der Waals surface area (Å²) in [7, 11) is 0. The first-order valence-corrected chi connectivity index (χ1v) is 11.6. The highest BCUT2D eigenvalue weighted by Crippen LogP contribution is 2.58. The third kappa shape index (κ3) is 4.05. The number of halogens is 4. The summed E-state index contributed by atoms with van der Waals surface area (Å²) >= 11 is 6.01. The van der Waals surface area contributed by atoms with E-state index in [4.69, 9.17) is 26.7 Å². The Morgan fingerprint density at radius 2 is 1.94 bits per heavy atom. The highest BCUT2D eigenvalue weighted by atomic mass is 35.5. The molecule has 2 aromatic carbocycles. The first kappa shape index (κ1) is 23.6. The minimum Gasteiger partial charge on any atom is -0.339 e. The number of amides is 1. The molecule has 4 unspecified atom stereocenters. The molecule has 0 bridgehead atoms. The monoisotopic (exact) mass is 502 g/mol.